The van der Waals surface area contributed by atoms with Gasteiger partial charge in [-0.05, 0) is 51.3 Å². The minimum atomic E-state index is -0.466. The van der Waals surface area contributed by atoms with E-state index in [1.54, 1.807) is 4.90 Å². The number of hydrogen-bond donors (Lipinski definition) is 1. The summed E-state index contributed by atoms with van der Waals surface area (Å²) in [6, 6.07) is 7.74. The second kappa shape index (κ2) is 10.7. The van der Waals surface area contributed by atoms with E-state index < -0.39 is 5.60 Å². The van der Waals surface area contributed by atoms with Gasteiger partial charge in [-0.2, -0.15) is 0 Å². The van der Waals surface area contributed by atoms with Crippen molar-refractivity contribution in [2.24, 2.45) is 0 Å². The highest BCUT2D eigenvalue weighted by Crippen LogP contribution is 2.12. The molecule has 0 atom stereocenters. The second-order valence-electron chi connectivity index (χ2n) is 8.14. The van der Waals surface area contributed by atoms with Gasteiger partial charge in [0.1, 0.15) is 5.60 Å². The first kappa shape index (κ1) is 22.5. The number of aryl methyl sites for hydroxylation is 1. The largest absolute Gasteiger partial charge is 0.444 e. The highest BCUT2D eigenvalue weighted by atomic mass is 35.5. The number of ether oxygens (including phenoxy) is 1. The van der Waals surface area contributed by atoms with E-state index in [0.29, 0.717) is 26.1 Å². The number of carbonyl (C=O) groups is 2. The summed E-state index contributed by atoms with van der Waals surface area (Å²) in [5, 5.41) is 3.71. The van der Waals surface area contributed by atoms with Crippen molar-refractivity contribution in [3.8, 4) is 0 Å². The molecule has 1 heterocycles. The Balaban J connectivity index is 1.55. The first-order valence-corrected chi connectivity index (χ1v) is 10.3. The fourth-order valence-corrected chi connectivity index (χ4v) is 3.15. The van der Waals surface area contributed by atoms with Crippen LogP contribution >= 0.6 is 11.6 Å². The molecular formula is C21H32ClN3O3. The molecule has 1 aromatic rings. The van der Waals surface area contributed by atoms with Crippen molar-refractivity contribution in [3.63, 3.8) is 0 Å². The van der Waals surface area contributed by atoms with Crippen molar-refractivity contribution in [2.45, 2.75) is 45.6 Å². The molecule has 0 aromatic heterocycles. The molecule has 0 spiro atoms. The van der Waals surface area contributed by atoms with Crippen LogP contribution in [0, 0.1) is 0 Å². The zero-order valence-electron chi connectivity index (χ0n) is 17.2. The Morgan fingerprint density at radius 3 is 2.36 bits per heavy atom. The molecule has 0 aliphatic carbocycles. The molecule has 2 rings (SSSR count). The van der Waals surface area contributed by atoms with E-state index >= 15 is 0 Å². The molecule has 0 radical (unpaired) electrons. The van der Waals surface area contributed by atoms with E-state index in [0.717, 1.165) is 37.5 Å². The molecule has 1 N–H and O–H groups in total. The van der Waals surface area contributed by atoms with E-state index in [2.05, 4.69) is 10.2 Å². The number of carbonyl (C=O) groups excluding carboxylic acids is 2. The summed E-state index contributed by atoms with van der Waals surface area (Å²) in [4.78, 5) is 28.1. The summed E-state index contributed by atoms with van der Waals surface area (Å²) in [6.45, 7) is 9.96. The average Bonchev–Trinajstić information content (AvgIpc) is 2.62. The van der Waals surface area contributed by atoms with E-state index in [1.165, 1.54) is 5.56 Å². The minimum Gasteiger partial charge on any atom is -0.444 e. The lowest BCUT2D eigenvalue weighted by Crippen LogP contribution is -2.51. The lowest BCUT2D eigenvalue weighted by atomic mass is 10.1. The molecule has 2 amide bonds. The van der Waals surface area contributed by atoms with Gasteiger partial charge in [0.05, 0.1) is 0 Å². The van der Waals surface area contributed by atoms with Crippen molar-refractivity contribution in [1.82, 2.24) is 15.1 Å². The summed E-state index contributed by atoms with van der Waals surface area (Å²) < 4.78 is 5.41. The molecule has 1 fully saturated rings. The Hall–Kier alpha value is -1.79. The highest BCUT2D eigenvalue weighted by Gasteiger charge is 2.25. The molecule has 1 aliphatic rings. The fraction of sp³-hybridized carbons (Fsp3) is 0.619. The first-order chi connectivity index (χ1) is 13.2. The van der Waals surface area contributed by atoms with Crippen molar-refractivity contribution in [3.05, 3.63) is 34.9 Å². The smallest absolute Gasteiger partial charge is 0.410 e. The Kier molecular flexibility index (Phi) is 8.58. The number of amides is 2. The summed E-state index contributed by atoms with van der Waals surface area (Å²) >= 11 is 5.87. The number of benzene rings is 1. The lowest BCUT2D eigenvalue weighted by Gasteiger charge is -2.35. The monoisotopic (exact) mass is 409 g/mol. The average molecular weight is 410 g/mol. The molecule has 0 saturated carbocycles. The predicted octanol–water partition coefficient (Wildman–Crippen LogP) is 3.33. The number of nitrogens with zero attached hydrogens (tertiary/aromatic N) is 2. The van der Waals surface area contributed by atoms with Gasteiger partial charge in [-0.3, -0.25) is 9.69 Å². The van der Waals surface area contributed by atoms with Crippen molar-refractivity contribution < 1.29 is 14.3 Å². The number of piperazine rings is 1. The van der Waals surface area contributed by atoms with Crippen LogP contribution in [0.2, 0.25) is 5.02 Å². The van der Waals surface area contributed by atoms with Crippen LogP contribution in [0.25, 0.3) is 0 Å². The predicted molar refractivity (Wildman–Crippen MR) is 112 cm³/mol. The quantitative estimate of drug-likeness (QED) is 0.750. The van der Waals surface area contributed by atoms with Crippen LogP contribution < -0.4 is 5.32 Å². The number of hydrogen-bond acceptors (Lipinski definition) is 4. The van der Waals surface area contributed by atoms with Crippen LogP contribution in [0.15, 0.2) is 24.3 Å². The van der Waals surface area contributed by atoms with Gasteiger partial charge in [-0.1, -0.05) is 23.7 Å². The van der Waals surface area contributed by atoms with Crippen LogP contribution in [0.5, 0.6) is 0 Å². The number of nitrogens with one attached hydrogen (secondary N) is 1. The SMILES string of the molecule is CC(C)(C)OC(=O)N1CCN(CCNC(=O)CCCc2ccc(Cl)cc2)CC1. The third-order valence-electron chi connectivity index (χ3n) is 4.56. The molecule has 28 heavy (non-hydrogen) atoms. The van der Waals surface area contributed by atoms with E-state index in [4.69, 9.17) is 16.3 Å². The third kappa shape index (κ3) is 8.48. The van der Waals surface area contributed by atoms with Crippen LogP contribution in [0.1, 0.15) is 39.2 Å². The van der Waals surface area contributed by atoms with Crippen LogP contribution in [-0.4, -0.2) is 66.7 Å². The summed E-state index contributed by atoms with van der Waals surface area (Å²) in [5.74, 6) is 0.0846. The van der Waals surface area contributed by atoms with Gasteiger partial charge in [-0.15, -0.1) is 0 Å². The Labute approximate surface area is 173 Å². The fourth-order valence-electron chi connectivity index (χ4n) is 3.03. The molecule has 1 aliphatic heterocycles. The Morgan fingerprint density at radius 1 is 1.11 bits per heavy atom. The molecule has 6 nitrogen and oxygen atoms in total. The highest BCUT2D eigenvalue weighted by molar-refractivity contribution is 6.30. The molecule has 156 valence electrons. The number of rotatable bonds is 7. The maximum Gasteiger partial charge on any atom is 0.410 e. The van der Waals surface area contributed by atoms with Gasteiger partial charge >= 0.3 is 6.09 Å². The maximum absolute atomic E-state index is 12.1. The summed E-state index contributed by atoms with van der Waals surface area (Å²) in [5.41, 5.74) is 0.728. The van der Waals surface area contributed by atoms with E-state index in [9.17, 15) is 9.59 Å². The molecular weight excluding hydrogens is 378 g/mol. The standard InChI is InChI=1S/C21H32ClN3O3/c1-21(2,3)28-20(27)25-15-13-24(14-16-25)12-11-23-19(26)6-4-5-17-7-9-18(22)10-8-17/h7-10H,4-6,11-16H2,1-3H3,(H,23,26). The van der Waals surface area contributed by atoms with Gasteiger partial charge < -0.3 is 15.0 Å². The second-order valence-corrected chi connectivity index (χ2v) is 8.58. The van der Waals surface area contributed by atoms with Gasteiger partial charge in [0, 0.05) is 50.7 Å². The zero-order valence-corrected chi connectivity index (χ0v) is 17.9. The van der Waals surface area contributed by atoms with Gasteiger partial charge in [0.15, 0.2) is 0 Å². The summed E-state index contributed by atoms with van der Waals surface area (Å²) in [6.07, 6.45) is 1.97. The van der Waals surface area contributed by atoms with Crippen molar-refractivity contribution in [1.29, 1.82) is 0 Å². The van der Waals surface area contributed by atoms with Crippen LogP contribution in [-0.2, 0) is 16.0 Å². The molecule has 7 heteroatoms. The Morgan fingerprint density at radius 2 is 1.75 bits per heavy atom. The normalized spacial score (nSPS) is 15.4. The van der Waals surface area contributed by atoms with Gasteiger partial charge in [-0.25, -0.2) is 4.79 Å². The Bertz CT molecular complexity index is 635. The topological polar surface area (TPSA) is 61.9 Å². The number of halogens is 1. The molecule has 1 saturated heterocycles. The molecule has 0 bridgehead atoms. The van der Waals surface area contributed by atoms with Crippen molar-refractivity contribution in [2.75, 3.05) is 39.3 Å². The minimum absolute atomic E-state index is 0.0846. The van der Waals surface area contributed by atoms with E-state index in [-0.39, 0.29) is 12.0 Å². The van der Waals surface area contributed by atoms with Crippen molar-refractivity contribution >= 4 is 23.6 Å². The zero-order chi connectivity index (χ0) is 20.6. The summed E-state index contributed by atoms with van der Waals surface area (Å²) in [7, 11) is 0. The molecule has 1 aromatic carbocycles. The van der Waals surface area contributed by atoms with Gasteiger partial charge in [0.2, 0.25) is 5.91 Å². The maximum atomic E-state index is 12.1. The van der Waals surface area contributed by atoms with Gasteiger partial charge in [0.25, 0.3) is 0 Å². The first-order valence-electron chi connectivity index (χ1n) is 9.94. The lowest BCUT2D eigenvalue weighted by molar-refractivity contribution is -0.121. The molecule has 0 unspecified atom stereocenters. The van der Waals surface area contributed by atoms with Crippen LogP contribution in [0.4, 0.5) is 4.79 Å². The third-order valence-corrected chi connectivity index (χ3v) is 4.81. The van der Waals surface area contributed by atoms with E-state index in [1.807, 2.05) is 45.0 Å². The van der Waals surface area contributed by atoms with Crippen LogP contribution in [0.3, 0.4) is 0 Å².